The number of hydrogen-bond donors (Lipinski definition) is 0. The molecule has 0 fully saturated rings. The first kappa shape index (κ1) is 13.5. The highest BCUT2D eigenvalue weighted by Gasteiger charge is 2.11. The lowest BCUT2D eigenvalue weighted by molar-refractivity contribution is 0.682. The molecule has 3 heteroatoms. The molecule has 2 rings (SSSR count). The third-order valence-electron chi connectivity index (χ3n) is 3.01. The van der Waals surface area contributed by atoms with E-state index in [2.05, 4.69) is 6.07 Å². The molecule has 0 radical (unpaired) electrons. The van der Waals surface area contributed by atoms with Crippen molar-refractivity contribution < 1.29 is 4.21 Å². The maximum Gasteiger partial charge on any atom is 0.0994 e. The average molecular weight is 269 g/mol. The van der Waals surface area contributed by atoms with E-state index in [1.54, 1.807) is 6.07 Å². The quantitative estimate of drug-likeness (QED) is 0.856. The number of hydrogen-bond acceptors (Lipinski definition) is 2. The molecule has 0 spiro atoms. The van der Waals surface area contributed by atoms with E-state index in [4.69, 9.17) is 5.26 Å². The van der Waals surface area contributed by atoms with E-state index in [1.807, 2.05) is 50.2 Å². The predicted octanol–water partition coefficient (Wildman–Crippen LogP) is 3.48. The van der Waals surface area contributed by atoms with E-state index < -0.39 is 10.8 Å². The fraction of sp³-hybridized carbons (Fsp3) is 0.188. The molecular formula is C16H15NOS. The van der Waals surface area contributed by atoms with Crippen LogP contribution in [0.4, 0.5) is 0 Å². The van der Waals surface area contributed by atoms with Crippen molar-refractivity contribution >= 4 is 10.8 Å². The van der Waals surface area contributed by atoms with E-state index in [-0.39, 0.29) is 0 Å². The third kappa shape index (κ3) is 3.10. The highest BCUT2D eigenvalue weighted by Crippen LogP contribution is 2.19. The lowest BCUT2D eigenvalue weighted by Crippen LogP contribution is -2.01. The molecule has 0 aliphatic carbocycles. The highest BCUT2D eigenvalue weighted by atomic mass is 32.2. The van der Waals surface area contributed by atoms with Crippen LogP contribution in [-0.4, -0.2) is 4.21 Å². The van der Waals surface area contributed by atoms with Gasteiger partial charge < -0.3 is 0 Å². The smallest absolute Gasteiger partial charge is 0.0994 e. The number of nitriles is 1. The third-order valence-corrected chi connectivity index (χ3v) is 4.52. The Morgan fingerprint density at radius 1 is 1.16 bits per heavy atom. The summed E-state index contributed by atoms with van der Waals surface area (Å²) in [7, 11) is -1.12. The minimum atomic E-state index is -1.12. The summed E-state index contributed by atoms with van der Waals surface area (Å²) in [6.45, 7) is 3.95. The van der Waals surface area contributed by atoms with Crippen LogP contribution >= 0.6 is 0 Å². The second kappa shape index (κ2) is 5.81. The molecule has 0 heterocycles. The predicted molar refractivity (Wildman–Crippen MR) is 77.2 cm³/mol. The Balaban J connectivity index is 2.31. The summed E-state index contributed by atoms with van der Waals surface area (Å²) in [6, 6.07) is 15.4. The minimum Gasteiger partial charge on any atom is -0.254 e. The number of rotatable bonds is 3. The first-order valence-corrected chi connectivity index (χ1v) is 7.37. The maximum atomic E-state index is 12.5. The molecule has 2 aromatic carbocycles. The molecule has 2 nitrogen and oxygen atoms in total. The van der Waals surface area contributed by atoms with Gasteiger partial charge >= 0.3 is 0 Å². The van der Waals surface area contributed by atoms with Gasteiger partial charge in [-0.1, -0.05) is 30.3 Å². The molecule has 1 unspecified atom stereocenters. The lowest BCUT2D eigenvalue weighted by Gasteiger charge is -2.08. The molecule has 96 valence electrons. The molecule has 19 heavy (non-hydrogen) atoms. The van der Waals surface area contributed by atoms with E-state index in [9.17, 15) is 4.21 Å². The molecule has 0 saturated carbocycles. The zero-order valence-electron chi connectivity index (χ0n) is 11.0. The summed E-state index contributed by atoms with van der Waals surface area (Å²) < 4.78 is 12.5. The molecule has 1 atom stereocenters. The molecular weight excluding hydrogens is 254 g/mol. The van der Waals surface area contributed by atoms with Crippen LogP contribution in [0.1, 0.15) is 22.3 Å². The van der Waals surface area contributed by atoms with Crippen LogP contribution in [-0.2, 0) is 16.6 Å². The van der Waals surface area contributed by atoms with E-state index >= 15 is 0 Å². The van der Waals surface area contributed by atoms with Crippen LogP contribution in [0.2, 0.25) is 0 Å². The second-order valence-electron chi connectivity index (χ2n) is 4.53. The van der Waals surface area contributed by atoms with Gasteiger partial charge in [-0.3, -0.25) is 4.21 Å². The van der Waals surface area contributed by atoms with Crippen LogP contribution in [0, 0.1) is 25.2 Å². The van der Waals surface area contributed by atoms with Gasteiger partial charge in [0.1, 0.15) is 0 Å². The van der Waals surface area contributed by atoms with Gasteiger partial charge in [-0.2, -0.15) is 5.26 Å². The Morgan fingerprint density at radius 3 is 2.63 bits per heavy atom. The SMILES string of the molecule is Cc1ccc(C)c(S(=O)Cc2ccccc2C#N)c1. The summed E-state index contributed by atoms with van der Waals surface area (Å²) in [4.78, 5) is 0.854. The van der Waals surface area contributed by atoms with Crippen LogP contribution in [0.3, 0.4) is 0 Å². The van der Waals surface area contributed by atoms with Crippen molar-refractivity contribution in [3.8, 4) is 6.07 Å². The van der Waals surface area contributed by atoms with Crippen LogP contribution in [0.25, 0.3) is 0 Å². The number of nitrogens with zero attached hydrogens (tertiary/aromatic N) is 1. The van der Waals surface area contributed by atoms with E-state index in [1.165, 1.54) is 0 Å². The van der Waals surface area contributed by atoms with Gasteiger partial charge in [-0.25, -0.2) is 0 Å². The lowest BCUT2D eigenvalue weighted by atomic mass is 10.1. The first-order chi connectivity index (χ1) is 9.11. The summed E-state index contributed by atoms with van der Waals surface area (Å²) >= 11 is 0. The number of benzene rings is 2. The molecule has 0 bridgehead atoms. The Morgan fingerprint density at radius 2 is 1.89 bits per heavy atom. The molecule has 0 amide bonds. The largest absolute Gasteiger partial charge is 0.254 e. The Kier molecular flexibility index (Phi) is 4.13. The zero-order chi connectivity index (χ0) is 13.8. The Labute approximate surface area is 116 Å². The first-order valence-electron chi connectivity index (χ1n) is 6.05. The van der Waals surface area contributed by atoms with Crippen molar-refractivity contribution in [2.75, 3.05) is 0 Å². The molecule has 0 saturated heterocycles. The van der Waals surface area contributed by atoms with Crippen LogP contribution in [0.5, 0.6) is 0 Å². The Hall–Kier alpha value is -1.92. The summed E-state index contributed by atoms with van der Waals surface area (Å²) in [5.41, 5.74) is 3.56. The van der Waals surface area contributed by atoms with E-state index in [0.29, 0.717) is 11.3 Å². The standard InChI is InChI=1S/C16H15NOS/c1-12-7-8-13(2)16(9-12)19(18)11-15-6-4-3-5-14(15)10-17/h3-9H,11H2,1-2H3. The topological polar surface area (TPSA) is 40.9 Å². The number of aryl methyl sites for hydroxylation is 2. The fourth-order valence-corrected chi connectivity index (χ4v) is 3.36. The zero-order valence-corrected chi connectivity index (χ0v) is 11.8. The van der Waals surface area contributed by atoms with Gasteiger partial charge in [0.25, 0.3) is 0 Å². The maximum absolute atomic E-state index is 12.5. The normalized spacial score (nSPS) is 11.8. The van der Waals surface area contributed by atoms with Gasteiger partial charge in [0, 0.05) is 4.90 Å². The van der Waals surface area contributed by atoms with Gasteiger partial charge in [0.15, 0.2) is 0 Å². The molecule has 0 aromatic heterocycles. The van der Waals surface area contributed by atoms with E-state index in [0.717, 1.165) is 21.6 Å². The fourth-order valence-electron chi connectivity index (χ4n) is 1.93. The molecule has 0 aliphatic rings. The second-order valence-corrected chi connectivity index (χ2v) is 5.95. The minimum absolute atomic E-state index is 0.383. The van der Waals surface area contributed by atoms with Crippen molar-refractivity contribution in [1.29, 1.82) is 5.26 Å². The van der Waals surface area contributed by atoms with Gasteiger partial charge in [0.2, 0.25) is 0 Å². The van der Waals surface area contributed by atoms with Gasteiger partial charge in [0.05, 0.1) is 28.2 Å². The van der Waals surface area contributed by atoms with Crippen molar-refractivity contribution in [2.45, 2.75) is 24.5 Å². The van der Waals surface area contributed by atoms with Crippen LogP contribution in [0.15, 0.2) is 47.4 Å². The summed E-state index contributed by atoms with van der Waals surface area (Å²) in [5.74, 6) is 0.383. The highest BCUT2D eigenvalue weighted by molar-refractivity contribution is 7.84. The monoisotopic (exact) mass is 269 g/mol. The van der Waals surface area contributed by atoms with Gasteiger partial charge in [-0.15, -0.1) is 0 Å². The van der Waals surface area contributed by atoms with Crippen molar-refractivity contribution in [3.63, 3.8) is 0 Å². The van der Waals surface area contributed by atoms with Crippen molar-refractivity contribution in [2.24, 2.45) is 0 Å². The average Bonchev–Trinajstić information content (AvgIpc) is 2.42. The summed E-state index contributed by atoms with van der Waals surface area (Å²) in [5, 5.41) is 9.05. The van der Waals surface area contributed by atoms with Crippen molar-refractivity contribution in [1.82, 2.24) is 0 Å². The van der Waals surface area contributed by atoms with Crippen LogP contribution < -0.4 is 0 Å². The summed E-state index contributed by atoms with van der Waals surface area (Å²) in [6.07, 6.45) is 0. The molecule has 0 aliphatic heterocycles. The van der Waals surface area contributed by atoms with Gasteiger partial charge in [-0.05, 0) is 42.7 Å². The van der Waals surface area contributed by atoms with Crippen molar-refractivity contribution in [3.05, 3.63) is 64.7 Å². The molecule has 2 aromatic rings. The Bertz CT molecular complexity index is 671. The molecule has 0 N–H and O–H groups in total.